The first-order valence-electron chi connectivity index (χ1n) is 20.8. The Balaban J connectivity index is 0.000000192. The third kappa shape index (κ3) is 10.6. The van der Waals surface area contributed by atoms with Gasteiger partial charge in [-0.05, 0) is 154 Å². The molecule has 0 bridgehead atoms. The van der Waals surface area contributed by atoms with E-state index in [1.54, 1.807) is 24.3 Å². The maximum atomic E-state index is 12.3. The van der Waals surface area contributed by atoms with E-state index in [1.165, 1.54) is 11.1 Å². The lowest BCUT2D eigenvalue weighted by Gasteiger charge is -2.17. The van der Waals surface area contributed by atoms with Crippen molar-refractivity contribution in [3.05, 3.63) is 211 Å². The zero-order valence-corrected chi connectivity index (χ0v) is 39.4. The van der Waals surface area contributed by atoms with E-state index >= 15 is 0 Å². The molecule has 64 heavy (non-hydrogen) atoms. The Hall–Kier alpha value is -6.62. The maximum absolute atomic E-state index is 12.3. The summed E-state index contributed by atoms with van der Waals surface area (Å²) < 4.78 is 23.8. The Kier molecular flexibility index (Phi) is 14.7. The Labute approximate surface area is 391 Å². The number of carboxylic acid groups (broad SMARTS) is 1. The van der Waals surface area contributed by atoms with Crippen LogP contribution in [0.5, 0.6) is 11.5 Å². The minimum atomic E-state index is -0.946. The molecule has 2 aromatic heterocycles. The van der Waals surface area contributed by atoms with Crippen LogP contribution in [-0.2, 0) is 18.0 Å². The zero-order chi connectivity index (χ0) is 45.3. The number of benzene rings is 6. The summed E-state index contributed by atoms with van der Waals surface area (Å²) in [6, 6.07) is 51.0. The molecule has 8 rings (SSSR count). The van der Waals surface area contributed by atoms with Crippen molar-refractivity contribution in [3.8, 4) is 45.4 Å². The van der Waals surface area contributed by atoms with Gasteiger partial charge in [0.15, 0.2) is 0 Å². The van der Waals surface area contributed by atoms with Crippen molar-refractivity contribution in [2.75, 3.05) is 6.61 Å². The summed E-state index contributed by atoms with van der Waals surface area (Å²) in [5.74, 6) is 0.288. The van der Waals surface area contributed by atoms with Gasteiger partial charge in [0, 0.05) is 42.8 Å². The van der Waals surface area contributed by atoms with Crippen molar-refractivity contribution < 1.29 is 28.9 Å². The molecule has 8 aromatic rings. The molecule has 0 saturated heterocycles. The molecule has 8 nitrogen and oxygen atoms in total. The molecule has 0 aliphatic carbocycles. The molecule has 324 valence electrons. The Morgan fingerprint density at radius 1 is 0.531 bits per heavy atom. The number of aryl methyl sites for hydroxylation is 4. The van der Waals surface area contributed by atoms with E-state index in [2.05, 4.69) is 97.3 Å². The summed E-state index contributed by atoms with van der Waals surface area (Å²) in [6.07, 6.45) is 0. The average molecular weight is 981 g/mol. The fourth-order valence-electron chi connectivity index (χ4n) is 7.46. The predicted octanol–water partition coefficient (Wildman–Crippen LogP) is 14.1. The summed E-state index contributed by atoms with van der Waals surface area (Å²) in [5, 5.41) is 9.41. The number of aromatic nitrogens is 2. The number of ether oxygens (including phenoxy) is 3. The molecule has 0 amide bonds. The Morgan fingerprint density at radius 2 is 0.984 bits per heavy atom. The lowest BCUT2D eigenvalue weighted by molar-refractivity contribution is 0.0525. The van der Waals surface area contributed by atoms with Gasteiger partial charge >= 0.3 is 11.9 Å². The lowest BCUT2D eigenvalue weighted by Crippen LogP contribution is -2.07. The number of nitrogens with zero attached hydrogens (tertiary/aromatic N) is 2. The van der Waals surface area contributed by atoms with Gasteiger partial charge in [0.1, 0.15) is 24.7 Å². The number of carboxylic acids is 1. The highest BCUT2D eigenvalue weighted by Gasteiger charge is 2.18. The van der Waals surface area contributed by atoms with Gasteiger partial charge in [0.25, 0.3) is 0 Å². The summed E-state index contributed by atoms with van der Waals surface area (Å²) in [6.45, 7) is 11.3. The molecule has 0 spiro atoms. The van der Waals surface area contributed by atoms with Gasteiger partial charge in [-0.1, -0.05) is 92.5 Å². The van der Waals surface area contributed by atoms with Crippen molar-refractivity contribution in [1.82, 2.24) is 9.13 Å². The molecule has 0 unspecified atom stereocenters. The molecule has 0 saturated carbocycles. The second-order valence-corrected chi connectivity index (χ2v) is 17.1. The zero-order valence-electron chi connectivity index (χ0n) is 36.3. The Bertz CT molecular complexity index is 2950. The number of esters is 1. The quantitative estimate of drug-likeness (QED) is 0.116. The molecular formula is C54H48Br2N2O6. The van der Waals surface area contributed by atoms with E-state index in [0.29, 0.717) is 25.4 Å². The van der Waals surface area contributed by atoms with Gasteiger partial charge in [-0.15, -0.1) is 0 Å². The second kappa shape index (κ2) is 20.7. The average Bonchev–Trinajstić information content (AvgIpc) is 3.88. The third-order valence-corrected chi connectivity index (χ3v) is 11.8. The molecule has 0 aliphatic rings. The normalized spacial score (nSPS) is 10.8. The van der Waals surface area contributed by atoms with Crippen LogP contribution in [0.15, 0.2) is 167 Å². The monoisotopic (exact) mass is 978 g/mol. The third-order valence-electron chi connectivity index (χ3n) is 10.8. The van der Waals surface area contributed by atoms with E-state index in [9.17, 15) is 14.7 Å². The predicted molar refractivity (Wildman–Crippen MR) is 261 cm³/mol. The fourth-order valence-corrected chi connectivity index (χ4v) is 8.18. The first kappa shape index (κ1) is 45.4. The molecule has 0 radical (unpaired) electrons. The summed E-state index contributed by atoms with van der Waals surface area (Å²) in [7, 11) is 0. The molecule has 1 N–H and O–H groups in total. The van der Waals surface area contributed by atoms with E-state index < -0.39 is 5.97 Å². The molecular weight excluding hydrogens is 932 g/mol. The van der Waals surface area contributed by atoms with Crippen LogP contribution in [0.1, 0.15) is 61.3 Å². The topological polar surface area (TPSA) is 91.9 Å². The summed E-state index contributed by atoms with van der Waals surface area (Å²) in [4.78, 5) is 23.8. The van der Waals surface area contributed by atoms with Gasteiger partial charge in [-0.25, -0.2) is 9.59 Å². The first-order valence-corrected chi connectivity index (χ1v) is 22.4. The van der Waals surface area contributed by atoms with E-state index in [1.807, 2.05) is 112 Å². The number of carbonyl (C=O) groups excluding carboxylic acids is 1. The van der Waals surface area contributed by atoms with Crippen LogP contribution in [0.2, 0.25) is 0 Å². The lowest BCUT2D eigenvalue weighted by atomic mass is 10.1. The fraction of sp³-hybridized carbons (Fsp3) is 0.148. The van der Waals surface area contributed by atoms with Crippen LogP contribution in [0.25, 0.3) is 33.9 Å². The van der Waals surface area contributed by atoms with Crippen molar-refractivity contribution in [2.24, 2.45) is 0 Å². The highest BCUT2D eigenvalue weighted by molar-refractivity contribution is 9.10. The minimum absolute atomic E-state index is 0.252. The molecule has 6 aromatic carbocycles. The number of carbonyl (C=O) groups is 2. The number of halogens is 2. The van der Waals surface area contributed by atoms with Gasteiger partial charge < -0.3 is 28.5 Å². The van der Waals surface area contributed by atoms with Gasteiger partial charge in [-0.2, -0.15) is 0 Å². The number of aromatic carboxylic acids is 1. The van der Waals surface area contributed by atoms with Crippen molar-refractivity contribution in [1.29, 1.82) is 0 Å². The van der Waals surface area contributed by atoms with Crippen LogP contribution < -0.4 is 9.47 Å². The standard InChI is InChI=1S/C28H26BrNO3.C26H22BrNO3/c1-4-32-28(31)21-10-7-11-24(16-21)30-20(3)12-14-26(30)25-17-23(29)13-15-27(25)33-18-22-9-6-5-8-19(22)2;1-17-6-3-4-7-20(17)16-31-25-13-11-21(27)15-23(25)24-12-10-18(2)28(24)22-9-5-8-19(14-22)26(29)30/h5-17H,4,18H2,1-3H3;3-15H,16H2,1-2H3,(H,29,30). The number of hydrogen-bond acceptors (Lipinski definition) is 5. The minimum Gasteiger partial charge on any atom is -0.488 e. The van der Waals surface area contributed by atoms with Crippen molar-refractivity contribution in [2.45, 2.75) is 47.8 Å². The highest BCUT2D eigenvalue weighted by Crippen LogP contribution is 2.38. The van der Waals surface area contributed by atoms with Crippen LogP contribution in [-0.4, -0.2) is 32.8 Å². The molecule has 10 heteroatoms. The van der Waals surface area contributed by atoms with Crippen LogP contribution in [0.4, 0.5) is 0 Å². The Morgan fingerprint density at radius 3 is 1.44 bits per heavy atom. The largest absolute Gasteiger partial charge is 0.488 e. The van der Waals surface area contributed by atoms with Crippen LogP contribution in [0, 0.1) is 27.7 Å². The van der Waals surface area contributed by atoms with E-state index in [-0.39, 0.29) is 11.5 Å². The summed E-state index contributed by atoms with van der Waals surface area (Å²) in [5.41, 5.74) is 13.0. The van der Waals surface area contributed by atoms with Crippen LogP contribution >= 0.6 is 31.9 Å². The van der Waals surface area contributed by atoms with Gasteiger partial charge in [0.05, 0.1) is 29.1 Å². The smallest absolute Gasteiger partial charge is 0.338 e. The van der Waals surface area contributed by atoms with E-state index in [0.717, 1.165) is 76.8 Å². The SMILES string of the molecule is CCOC(=O)c1cccc(-n2c(C)ccc2-c2cc(Br)ccc2OCc2ccccc2C)c1.Cc1ccccc1COc1ccc(Br)cc1-c1ccc(C)n1-c1cccc(C(=O)O)c1. The van der Waals surface area contributed by atoms with Crippen LogP contribution in [0.3, 0.4) is 0 Å². The van der Waals surface area contributed by atoms with E-state index in [4.69, 9.17) is 14.2 Å². The molecule has 0 fully saturated rings. The maximum Gasteiger partial charge on any atom is 0.338 e. The van der Waals surface area contributed by atoms with Gasteiger partial charge in [0.2, 0.25) is 0 Å². The second-order valence-electron chi connectivity index (χ2n) is 15.2. The van der Waals surface area contributed by atoms with Gasteiger partial charge in [-0.3, -0.25) is 0 Å². The van der Waals surface area contributed by atoms with Crippen molar-refractivity contribution in [3.63, 3.8) is 0 Å². The first-order chi connectivity index (χ1) is 30.9. The molecule has 2 heterocycles. The number of hydrogen-bond donors (Lipinski definition) is 1. The summed E-state index contributed by atoms with van der Waals surface area (Å²) >= 11 is 7.19. The number of rotatable bonds is 13. The molecule has 0 atom stereocenters. The van der Waals surface area contributed by atoms with Crippen molar-refractivity contribution >= 4 is 43.8 Å². The highest BCUT2D eigenvalue weighted by atomic mass is 79.9. The molecule has 0 aliphatic heterocycles.